The van der Waals surface area contributed by atoms with Crippen molar-refractivity contribution < 1.29 is 4.42 Å². The number of hydrogen-bond acceptors (Lipinski definition) is 2. The van der Waals surface area contributed by atoms with Crippen molar-refractivity contribution in [1.29, 1.82) is 0 Å². The van der Waals surface area contributed by atoms with Crippen LogP contribution in [0.5, 0.6) is 0 Å². The first kappa shape index (κ1) is 12.7. The van der Waals surface area contributed by atoms with Crippen LogP contribution in [0.3, 0.4) is 0 Å². The third-order valence-electron chi connectivity index (χ3n) is 3.51. The van der Waals surface area contributed by atoms with Gasteiger partial charge in [-0.05, 0) is 55.7 Å². The lowest BCUT2D eigenvalue weighted by atomic mass is 9.92. The fourth-order valence-corrected chi connectivity index (χ4v) is 2.82. The van der Waals surface area contributed by atoms with Crippen molar-refractivity contribution in [3.05, 3.63) is 65.5 Å². The quantitative estimate of drug-likeness (QED) is 0.655. The molecule has 0 aliphatic rings. The minimum Gasteiger partial charge on any atom is -0.463 e. The normalized spacial score (nSPS) is 10.8. The van der Waals surface area contributed by atoms with Crippen LogP contribution in [0.25, 0.3) is 22.6 Å². The second kappa shape index (κ2) is 4.97. The Bertz CT molecular complexity index is 719. The van der Waals surface area contributed by atoms with E-state index in [1.807, 2.05) is 18.2 Å². The monoisotopic (exact) mass is 263 g/mol. The van der Waals surface area contributed by atoms with Crippen molar-refractivity contribution >= 4 is 0 Å². The van der Waals surface area contributed by atoms with Crippen LogP contribution in [-0.2, 0) is 0 Å². The Morgan fingerprint density at radius 1 is 0.950 bits per heavy atom. The van der Waals surface area contributed by atoms with Gasteiger partial charge in [0.1, 0.15) is 5.69 Å². The summed E-state index contributed by atoms with van der Waals surface area (Å²) in [4.78, 5) is 4.51. The molecule has 2 aromatic heterocycles. The van der Waals surface area contributed by atoms with E-state index in [1.54, 1.807) is 12.5 Å². The second-order valence-corrected chi connectivity index (χ2v) is 5.15. The van der Waals surface area contributed by atoms with Crippen LogP contribution in [0, 0.1) is 20.8 Å². The van der Waals surface area contributed by atoms with Crippen LogP contribution in [0.1, 0.15) is 16.7 Å². The van der Waals surface area contributed by atoms with E-state index in [-0.39, 0.29) is 0 Å². The Hall–Kier alpha value is -2.35. The SMILES string of the molecule is Cc1cc(C)c(-c2cccnc2-c2ccco2)c(C)c1. The van der Waals surface area contributed by atoms with E-state index in [4.69, 9.17) is 4.42 Å². The Morgan fingerprint density at radius 2 is 1.70 bits per heavy atom. The molecule has 0 saturated heterocycles. The maximum Gasteiger partial charge on any atom is 0.152 e. The predicted molar refractivity (Wildman–Crippen MR) is 81.6 cm³/mol. The van der Waals surface area contributed by atoms with Gasteiger partial charge < -0.3 is 4.42 Å². The van der Waals surface area contributed by atoms with Crippen molar-refractivity contribution in [1.82, 2.24) is 4.98 Å². The highest BCUT2D eigenvalue weighted by atomic mass is 16.3. The minimum absolute atomic E-state index is 0.806. The van der Waals surface area contributed by atoms with E-state index in [0.717, 1.165) is 17.0 Å². The standard InChI is InChI=1S/C18H17NO/c1-12-10-13(2)17(14(3)11-12)15-6-4-8-19-18(15)16-7-5-9-20-16/h4-11H,1-3H3. The Balaban J connectivity index is 2.27. The Morgan fingerprint density at radius 3 is 2.35 bits per heavy atom. The maximum absolute atomic E-state index is 5.52. The molecule has 0 bridgehead atoms. The molecule has 0 saturated carbocycles. The first-order chi connectivity index (χ1) is 9.66. The fraction of sp³-hybridized carbons (Fsp3) is 0.167. The van der Waals surface area contributed by atoms with Crippen molar-refractivity contribution in [2.45, 2.75) is 20.8 Å². The summed E-state index contributed by atoms with van der Waals surface area (Å²) in [6.07, 6.45) is 3.49. The van der Waals surface area contributed by atoms with Gasteiger partial charge in [0.15, 0.2) is 5.76 Å². The summed E-state index contributed by atoms with van der Waals surface area (Å²) in [7, 11) is 0. The van der Waals surface area contributed by atoms with Crippen molar-refractivity contribution in [2.75, 3.05) is 0 Å². The number of rotatable bonds is 2. The zero-order valence-corrected chi connectivity index (χ0v) is 12.0. The molecule has 2 heterocycles. The highest BCUT2D eigenvalue weighted by Gasteiger charge is 2.14. The molecule has 3 aromatic rings. The van der Waals surface area contributed by atoms with E-state index in [0.29, 0.717) is 0 Å². The molecule has 3 rings (SSSR count). The third kappa shape index (κ3) is 2.14. The lowest BCUT2D eigenvalue weighted by Crippen LogP contribution is -1.94. The summed E-state index contributed by atoms with van der Waals surface area (Å²) in [5.41, 5.74) is 7.08. The van der Waals surface area contributed by atoms with E-state index < -0.39 is 0 Å². The van der Waals surface area contributed by atoms with Gasteiger partial charge >= 0.3 is 0 Å². The zero-order valence-electron chi connectivity index (χ0n) is 12.0. The van der Waals surface area contributed by atoms with Gasteiger partial charge in [-0.3, -0.25) is 4.98 Å². The molecule has 1 aromatic carbocycles. The zero-order chi connectivity index (χ0) is 14.1. The highest BCUT2D eigenvalue weighted by Crippen LogP contribution is 2.34. The van der Waals surface area contributed by atoms with Crippen LogP contribution in [0.15, 0.2) is 53.3 Å². The topological polar surface area (TPSA) is 26.0 Å². The van der Waals surface area contributed by atoms with Gasteiger partial charge in [0.25, 0.3) is 0 Å². The summed E-state index contributed by atoms with van der Waals surface area (Å²) in [6, 6.07) is 12.3. The fourth-order valence-electron chi connectivity index (χ4n) is 2.82. The first-order valence-corrected chi connectivity index (χ1v) is 6.74. The number of hydrogen-bond donors (Lipinski definition) is 0. The molecule has 0 radical (unpaired) electrons. The molecule has 0 N–H and O–H groups in total. The van der Waals surface area contributed by atoms with Gasteiger partial charge in [-0.1, -0.05) is 23.8 Å². The molecule has 0 aliphatic heterocycles. The highest BCUT2D eigenvalue weighted by molar-refractivity contribution is 5.82. The molecule has 0 amide bonds. The van der Waals surface area contributed by atoms with Gasteiger partial charge in [0.05, 0.1) is 6.26 Å². The average molecular weight is 263 g/mol. The summed E-state index contributed by atoms with van der Waals surface area (Å²) < 4.78 is 5.52. The molecule has 0 aliphatic carbocycles. The number of aromatic nitrogens is 1. The lowest BCUT2D eigenvalue weighted by Gasteiger charge is -2.14. The van der Waals surface area contributed by atoms with Gasteiger partial charge in [-0.15, -0.1) is 0 Å². The number of furan rings is 1. The van der Waals surface area contributed by atoms with E-state index in [1.165, 1.54) is 22.3 Å². The van der Waals surface area contributed by atoms with Gasteiger partial charge in [0.2, 0.25) is 0 Å². The molecular weight excluding hydrogens is 246 g/mol. The lowest BCUT2D eigenvalue weighted by molar-refractivity contribution is 0.580. The van der Waals surface area contributed by atoms with E-state index >= 15 is 0 Å². The summed E-state index contributed by atoms with van der Waals surface area (Å²) in [5, 5.41) is 0. The first-order valence-electron chi connectivity index (χ1n) is 6.74. The van der Waals surface area contributed by atoms with Crippen LogP contribution in [0.2, 0.25) is 0 Å². The molecule has 0 fully saturated rings. The van der Waals surface area contributed by atoms with Gasteiger partial charge in [-0.2, -0.15) is 0 Å². The number of pyridine rings is 1. The minimum atomic E-state index is 0.806. The Kier molecular flexibility index (Phi) is 3.15. The molecular formula is C18H17NO. The molecule has 2 heteroatoms. The summed E-state index contributed by atoms with van der Waals surface area (Å²) in [6.45, 7) is 6.42. The second-order valence-electron chi connectivity index (χ2n) is 5.15. The van der Waals surface area contributed by atoms with Crippen LogP contribution < -0.4 is 0 Å². The van der Waals surface area contributed by atoms with E-state index in [2.05, 4.69) is 44.0 Å². The van der Waals surface area contributed by atoms with Gasteiger partial charge in [-0.25, -0.2) is 0 Å². The molecule has 100 valence electrons. The third-order valence-corrected chi connectivity index (χ3v) is 3.51. The maximum atomic E-state index is 5.52. The van der Waals surface area contributed by atoms with E-state index in [9.17, 15) is 0 Å². The van der Waals surface area contributed by atoms with Crippen LogP contribution in [-0.4, -0.2) is 4.98 Å². The van der Waals surface area contributed by atoms with Crippen molar-refractivity contribution in [2.24, 2.45) is 0 Å². The molecule has 0 unspecified atom stereocenters. The molecule has 0 spiro atoms. The largest absolute Gasteiger partial charge is 0.463 e. The van der Waals surface area contributed by atoms with Gasteiger partial charge in [0, 0.05) is 11.8 Å². The van der Waals surface area contributed by atoms with Crippen molar-refractivity contribution in [3.8, 4) is 22.6 Å². The molecule has 0 atom stereocenters. The molecule has 20 heavy (non-hydrogen) atoms. The smallest absolute Gasteiger partial charge is 0.152 e. The Labute approximate surface area is 119 Å². The summed E-state index contributed by atoms with van der Waals surface area (Å²) in [5.74, 6) is 0.806. The predicted octanol–water partition coefficient (Wildman–Crippen LogP) is 4.93. The number of aryl methyl sites for hydroxylation is 3. The average Bonchev–Trinajstić information content (AvgIpc) is 2.92. The summed E-state index contributed by atoms with van der Waals surface area (Å²) >= 11 is 0. The van der Waals surface area contributed by atoms with Crippen molar-refractivity contribution in [3.63, 3.8) is 0 Å². The van der Waals surface area contributed by atoms with Crippen LogP contribution >= 0.6 is 0 Å². The van der Waals surface area contributed by atoms with Crippen LogP contribution in [0.4, 0.5) is 0 Å². The number of nitrogens with zero attached hydrogens (tertiary/aromatic N) is 1. The molecule has 2 nitrogen and oxygen atoms in total. The number of benzene rings is 1.